The molecular formula is C28H31N5O7S. The largest absolute Gasteiger partial charge is 0.491 e. The molecule has 0 spiro atoms. The van der Waals surface area contributed by atoms with Crippen molar-refractivity contribution in [1.29, 1.82) is 0 Å². The Labute approximate surface area is 238 Å². The molecule has 2 heterocycles. The third kappa shape index (κ3) is 6.15. The van der Waals surface area contributed by atoms with Crippen molar-refractivity contribution in [3.63, 3.8) is 0 Å². The molecule has 0 radical (unpaired) electrons. The lowest BCUT2D eigenvalue weighted by molar-refractivity contribution is 0.0600. The van der Waals surface area contributed by atoms with Crippen molar-refractivity contribution in [3.8, 4) is 28.8 Å². The minimum atomic E-state index is -3.96. The Morgan fingerprint density at radius 3 is 2.39 bits per heavy atom. The number of methoxy groups -OCH3 is 3. The maximum atomic E-state index is 13.2. The van der Waals surface area contributed by atoms with Crippen LogP contribution >= 0.6 is 0 Å². The molecule has 0 unspecified atom stereocenters. The standard InChI is InChI=1S/C28H31N5O7S/c1-15(2)40-20-11-18(27(34)38-6)10-19(13-20)32-24-21-9-8-17(22-14-30-28(39-7)33-26(22)37-5)12-23(21)31-16(3)25(24)41(35,36)29-4/h8-15,29H,1-7H3,(H,31,32). The third-order valence-corrected chi connectivity index (χ3v) is 7.61. The SMILES string of the molecule is CNS(=O)(=O)c1c(C)nc2cc(-c3cnc(OC)nc3OC)ccc2c1Nc1cc(OC(C)C)cc(C(=O)OC)c1. The zero-order valence-corrected chi connectivity index (χ0v) is 24.5. The number of hydrogen-bond donors (Lipinski definition) is 2. The number of esters is 1. The first kappa shape index (κ1) is 29.5. The predicted octanol–water partition coefficient (Wildman–Crippen LogP) is 4.24. The first-order chi connectivity index (χ1) is 19.5. The van der Waals surface area contributed by atoms with Gasteiger partial charge in [0.05, 0.1) is 55.5 Å². The van der Waals surface area contributed by atoms with Crippen LogP contribution in [0.4, 0.5) is 11.4 Å². The fourth-order valence-corrected chi connectivity index (χ4v) is 5.36. The number of sulfonamides is 1. The smallest absolute Gasteiger partial charge is 0.338 e. The van der Waals surface area contributed by atoms with E-state index in [2.05, 4.69) is 25.0 Å². The van der Waals surface area contributed by atoms with Crippen LogP contribution < -0.4 is 24.2 Å². The fourth-order valence-electron chi connectivity index (χ4n) is 4.29. The number of benzene rings is 2. The Bertz CT molecular complexity index is 1730. The zero-order chi connectivity index (χ0) is 29.9. The van der Waals surface area contributed by atoms with Gasteiger partial charge in [0, 0.05) is 23.3 Å². The Kier molecular flexibility index (Phi) is 8.59. The van der Waals surface area contributed by atoms with Crippen LogP contribution in [0.5, 0.6) is 17.6 Å². The van der Waals surface area contributed by atoms with E-state index in [0.29, 0.717) is 39.3 Å². The summed E-state index contributed by atoms with van der Waals surface area (Å²) >= 11 is 0. The Morgan fingerprint density at radius 1 is 1.00 bits per heavy atom. The Morgan fingerprint density at radius 2 is 1.76 bits per heavy atom. The number of anilines is 2. The van der Waals surface area contributed by atoms with Gasteiger partial charge in [-0.1, -0.05) is 12.1 Å². The van der Waals surface area contributed by atoms with Crippen molar-refractivity contribution >= 4 is 38.3 Å². The molecule has 0 bridgehead atoms. The highest BCUT2D eigenvalue weighted by atomic mass is 32.2. The van der Waals surface area contributed by atoms with Crippen molar-refractivity contribution in [1.82, 2.24) is 19.7 Å². The lowest BCUT2D eigenvalue weighted by atomic mass is 10.0. The van der Waals surface area contributed by atoms with E-state index < -0.39 is 16.0 Å². The first-order valence-electron chi connectivity index (χ1n) is 12.5. The molecule has 41 heavy (non-hydrogen) atoms. The molecule has 0 saturated heterocycles. The van der Waals surface area contributed by atoms with Crippen LogP contribution in [0.3, 0.4) is 0 Å². The number of aryl methyl sites for hydroxylation is 1. The third-order valence-electron chi connectivity index (χ3n) is 6.04. The highest BCUT2D eigenvalue weighted by Crippen LogP contribution is 2.38. The topological polar surface area (TPSA) is 151 Å². The van der Waals surface area contributed by atoms with Gasteiger partial charge < -0.3 is 24.3 Å². The van der Waals surface area contributed by atoms with E-state index in [-0.39, 0.29) is 34.0 Å². The number of carbonyl (C=O) groups excluding carboxylic acids is 1. The van der Waals surface area contributed by atoms with Gasteiger partial charge in [-0.05, 0) is 51.6 Å². The maximum absolute atomic E-state index is 13.2. The fraction of sp³-hybridized carbons (Fsp3) is 0.286. The molecule has 4 aromatic rings. The quantitative estimate of drug-likeness (QED) is 0.259. The van der Waals surface area contributed by atoms with Crippen LogP contribution in [-0.2, 0) is 14.8 Å². The van der Waals surface area contributed by atoms with Crippen LogP contribution in [0.25, 0.3) is 22.0 Å². The number of nitrogens with one attached hydrogen (secondary N) is 2. The summed E-state index contributed by atoms with van der Waals surface area (Å²) in [5, 5.41) is 3.72. The summed E-state index contributed by atoms with van der Waals surface area (Å²) in [6.45, 7) is 5.32. The van der Waals surface area contributed by atoms with Gasteiger partial charge in [0.1, 0.15) is 10.6 Å². The van der Waals surface area contributed by atoms with Crippen LogP contribution in [0.2, 0.25) is 0 Å². The highest BCUT2D eigenvalue weighted by Gasteiger charge is 2.25. The molecule has 2 N–H and O–H groups in total. The molecule has 0 fully saturated rings. The van der Waals surface area contributed by atoms with Crippen LogP contribution in [0.15, 0.2) is 47.5 Å². The molecule has 0 atom stereocenters. The molecule has 12 nitrogen and oxygen atoms in total. The average molecular weight is 582 g/mol. The summed E-state index contributed by atoms with van der Waals surface area (Å²) in [6.07, 6.45) is 1.41. The van der Waals surface area contributed by atoms with Gasteiger partial charge in [0.2, 0.25) is 15.9 Å². The summed E-state index contributed by atoms with van der Waals surface area (Å²) in [5.74, 6) is 0.145. The lowest BCUT2D eigenvalue weighted by Gasteiger charge is -2.19. The average Bonchev–Trinajstić information content (AvgIpc) is 2.95. The van der Waals surface area contributed by atoms with Crippen molar-refractivity contribution < 1.29 is 32.2 Å². The van der Waals surface area contributed by atoms with Crippen molar-refractivity contribution in [3.05, 3.63) is 53.9 Å². The summed E-state index contributed by atoms with van der Waals surface area (Å²) in [4.78, 5) is 25.4. The maximum Gasteiger partial charge on any atom is 0.338 e. The molecule has 216 valence electrons. The molecule has 0 aliphatic rings. The van der Waals surface area contributed by atoms with E-state index in [9.17, 15) is 13.2 Å². The molecule has 0 saturated carbocycles. The van der Waals surface area contributed by atoms with Gasteiger partial charge in [0.15, 0.2) is 0 Å². The monoisotopic (exact) mass is 581 g/mol. The van der Waals surface area contributed by atoms with E-state index in [0.717, 1.165) is 0 Å². The van der Waals surface area contributed by atoms with Gasteiger partial charge in [-0.15, -0.1) is 0 Å². The number of rotatable bonds is 10. The van der Waals surface area contributed by atoms with Crippen LogP contribution in [-0.4, -0.2) is 63.8 Å². The van der Waals surface area contributed by atoms with E-state index in [4.69, 9.17) is 18.9 Å². The Hall–Kier alpha value is -4.49. The minimum absolute atomic E-state index is 0.0413. The minimum Gasteiger partial charge on any atom is -0.491 e. The van der Waals surface area contributed by atoms with E-state index in [1.165, 1.54) is 28.4 Å². The normalized spacial score (nSPS) is 11.4. The van der Waals surface area contributed by atoms with Gasteiger partial charge in [0.25, 0.3) is 0 Å². The van der Waals surface area contributed by atoms with E-state index >= 15 is 0 Å². The second kappa shape index (κ2) is 11.9. The number of nitrogens with zero attached hydrogens (tertiary/aromatic N) is 3. The summed E-state index contributed by atoms with van der Waals surface area (Å²) in [5.41, 5.74) is 2.96. The van der Waals surface area contributed by atoms with E-state index in [1.54, 1.807) is 49.5 Å². The number of aromatic nitrogens is 3. The molecular weight excluding hydrogens is 550 g/mol. The number of fused-ring (bicyclic) bond motifs is 1. The molecule has 0 aliphatic carbocycles. The molecule has 2 aromatic carbocycles. The van der Waals surface area contributed by atoms with Crippen LogP contribution in [0.1, 0.15) is 29.9 Å². The molecule has 0 aliphatic heterocycles. The lowest BCUT2D eigenvalue weighted by Crippen LogP contribution is -2.21. The second-order valence-corrected chi connectivity index (χ2v) is 11.0. The summed E-state index contributed by atoms with van der Waals surface area (Å²) in [7, 11) is 1.60. The summed E-state index contributed by atoms with van der Waals surface area (Å²) in [6, 6.07) is 10.3. The zero-order valence-electron chi connectivity index (χ0n) is 23.7. The van der Waals surface area contributed by atoms with Gasteiger partial charge in [-0.3, -0.25) is 4.98 Å². The molecule has 13 heteroatoms. The summed E-state index contributed by atoms with van der Waals surface area (Å²) < 4.78 is 50.1. The Balaban J connectivity index is 1.95. The van der Waals surface area contributed by atoms with Crippen molar-refractivity contribution in [2.24, 2.45) is 0 Å². The predicted molar refractivity (Wildman–Crippen MR) is 154 cm³/mol. The van der Waals surface area contributed by atoms with E-state index in [1.807, 2.05) is 13.8 Å². The van der Waals surface area contributed by atoms with Gasteiger partial charge in [-0.25, -0.2) is 22.9 Å². The van der Waals surface area contributed by atoms with Crippen LogP contribution in [0, 0.1) is 6.92 Å². The highest BCUT2D eigenvalue weighted by molar-refractivity contribution is 7.89. The van der Waals surface area contributed by atoms with Gasteiger partial charge >= 0.3 is 12.0 Å². The molecule has 0 amide bonds. The first-order valence-corrected chi connectivity index (χ1v) is 14.0. The molecule has 4 rings (SSSR count). The number of pyridine rings is 1. The van der Waals surface area contributed by atoms with Crippen molar-refractivity contribution in [2.75, 3.05) is 33.7 Å². The molecule has 2 aromatic heterocycles. The second-order valence-electron chi connectivity index (χ2n) is 9.15. The number of carbonyl (C=O) groups is 1. The number of hydrogen-bond acceptors (Lipinski definition) is 11. The van der Waals surface area contributed by atoms with Crippen molar-refractivity contribution in [2.45, 2.75) is 31.8 Å². The van der Waals surface area contributed by atoms with Gasteiger partial charge in [-0.2, -0.15) is 4.98 Å². The number of ether oxygens (including phenoxy) is 4.